The molecule has 0 fully saturated rings. The fourth-order valence-corrected chi connectivity index (χ4v) is 1.18. The van der Waals surface area contributed by atoms with E-state index < -0.39 is 0 Å². The maximum Gasteiger partial charge on any atom is 0.0811 e. The molecule has 78 valence electrons. The van der Waals surface area contributed by atoms with Gasteiger partial charge in [0.15, 0.2) is 0 Å². The summed E-state index contributed by atoms with van der Waals surface area (Å²) < 4.78 is 0. The van der Waals surface area contributed by atoms with E-state index in [2.05, 4.69) is 10.7 Å². The van der Waals surface area contributed by atoms with Gasteiger partial charge in [-0.3, -0.25) is 0 Å². The lowest BCUT2D eigenvalue weighted by atomic mass is 10.1. The zero-order chi connectivity index (χ0) is 9.78. The molecule has 4 nitrogen and oxygen atoms in total. The maximum absolute atomic E-state index is 9.74. The van der Waals surface area contributed by atoms with Crippen LogP contribution in [0.3, 0.4) is 0 Å². The van der Waals surface area contributed by atoms with E-state index in [4.69, 9.17) is 4.84 Å². The first-order valence-electron chi connectivity index (χ1n) is 4.96. The molecule has 0 aliphatic heterocycles. The second kappa shape index (κ2) is 11.5. The topological polar surface area (TPSA) is 50.7 Å². The van der Waals surface area contributed by atoms with Crippen molar-refractivity contribution in [1.82, 2.24) is 5.48 Å². The van der Waals surface area contributed by atoms with Crippen molar-refractivity contribution in [2.75, 3.05) is 20.2 Å². The van der Waals surface area contributed by atoms with Crippen LogP contribution in [0.4, 0.5) is 0 Å². The van der Waals surface area contributed by atoms with Crippen LogP contribution in [0, 0.1) is 4.91 Å². The fourth-order valence-electron chi connectivity index (χ4n) is 1.18. The Hall–Kier alpha value is -0.480. The van der Waals surface area contributed by atoms with Crippen molar-refractivity contribution in [2.24, 2.45) is 5.18 Å². The summed E-state index contributed by atoms with van der Waals surface area (Å²) in [5, 5.41) is 2.82. The Bertz CT molecular complexity index is 110. The van der Waals surface area contributed by atoms with Crippen LogP contribution in [-0.2, 0) is 4.84 Å². The van der Waals surface area contributed by atoms with Crippen molar-refractivity contribution in [1.29, 1.82) is 0 Å². The molecular weight excluding hydrogens is 168 g/mol. The monoisotopic (exact) mass is 188 g/mol. The molecule has 0 atom stereocenters. The SMILES string of the molecule is CONCCCCCCCCN=O. The highest BCUT2D eigenvalue weighted by Gasteiger charge is 1.91. The number of nitroso groups, excluding NO2 is 1. The molecule has 0 saturated carbocycles. The van der Waals surface area contributed by atoms with Crippen molar-refractivity contribution in [3.63, 3.8) is 0 Å². The van der Waals surface area contributed by atoms with E-state index in [9.17, 15) is 4.91 Å². The molecule has 0 heterocycles. The number of nitrogens with zero attached hydrogens (tertiary/aromatic N) is 1. The van der Waals surface area contributed by atoms with Crippen molar-refractivity contribution in [3.05, 3.63) is 4.91 Å². The third-order valence-corrected chi connectivity index (χ3v) is 1.92. The van der Waals surface area contributed by atoms with Gasteiger partial charge in [0.1, 0.15) is 0 Å². The summed E-state index contributed by atoms with van der Waals surface area (Å²) in [5.41, 5.74) is 2.80. The van der Waals surface area contributed by atoms with E-state index >= 15 is 0 Å². The van der Waals surface area contributed by atoms with Gasteiger partial charge in [-0.05, 0) is 12.8 Å². The van der Waals surface area contributed by atoms with Gasteiger partial charge in [-0.15, -0.1) is 0 Å². The van der Waals surface area contributed by atoms with Gasteiger partial charge in [0, 0.05) is 6.54 Å². The summed E-state index contributed by atoms with van der Waals surface area (Å²) in [5.74, 6) is 0. The molecular formula is C9H20N2O2. The number of unbranched alkanes of at least 4 members (excludes halogenated alkanes) is 5. The molecule has 0 aliphatic rings. The summed E-state index contributed by atoms with van der Waals surface area (Å²) in [6.45, 7) is 1.40. The highest BCUT2D eigenvalue weighted by Crippen LogP contribution is 2.04. The predicted octanol–water partition coefficient (Wildman–Crippen LogP) is 2.24. The first-order valence-corrected chi connectivity index (χ1v) is 4.96. The zero-order valence-corrected chi connectivity index (χ0v) is 8.42. The van der Waals surface area contributed by atoms with E-state index in [0.29, 0.717) is 6.54 Å². The van der Waals surface area contributed by atoms with Gasteiger partial charge in [-0.25, -0.2) is 5.48 Å². The summed E-state index contributed by atoms with van der Waals surface area (Å²) in [6, 6.07) is 0. The van der Waals surface area contributed by atoms with Crippen molar-refractivity contribution >= 4 is 0 Å². The number of hydroxylamine groups is 1. The first kappa shape index (κ1) is 12.5. The Kier molecular flexibility index (Phi) is 11.1. The molecule has 0 saturated heterocycles. The molecule has 0 aromatic heterocycles. The Morgan fingerprint density at radius 3 is 2.31 bits per heavy atom. The lowest BCUT2D eigenvalue weighted by molar-refractivity contribution is 0.0904. The summed E-state index contributed by atoms with van der Waals surface area (Å²) in [4.78, 5) is 14.4. The molecule has 4 heteroatoms. The van der Waals surface area contributed by atoms with E-state index in [-0.39, 0.29) is 0 Å². The Labute approximate surface area is 80.0 Å². The second-order valence-electron chi connectivity index (χ2n) is 3.07. The van der Waals surface area contributed by atoms with Crippen LogP contribution in [0.2, 0.25) is 0 Å². The van der Waals surface area contributed by atoms with Gasteiger partial charge in [0.2, 0.25) is 0 Å². The van der Waals surface area contributed by atoms with E-state index in [0.717, 1.165) is 25.8 Å². The maximum atomic E-state index is 9.74. The lowest BCUT2D eigenvalue weighted by Crippen LogP contribution is -2.12. The largest absolute Gasteiger partial charge is 0.305 e. The summed E-state index contributed by atoms with van der Waals surface area (Å²) >= 11 is 0. The average molecular weight is 188 g/mol. The van der Waals surface area contributed by atoms with Crippen LogP contribution < -0.4 is 5.48 Å². The van der Waals surface area contributed by atoms with E-state index in [1.165, 1.54) is 19.3 Å². The van der Waals surface area contributed by atoms with Gasteiger partial charge >= 0.3 is 0 Å². The molecule has 0 aromatic rings. The zero-order valence-electron chi connectivity index (χ0n) is 8.42. The molecule has 0 rings (SSSR count). The van der Waals surface area contributed by atoms with Gasteiger partial charge < -0.3 is 4.84 Å². The molecule has 0 spiro atoms. The number of hydrogen-bond donors (Lipinski definition) is 1. The van der Waals surface area contributed by atoms with Gasteiger partial charge in [0.05, 0.1) is 13.7 Å². The minimum Gasteiger partial charge on any atom is -0.305 e. The highest BCUT2D eigenvalue weighted by atomic mass is 16.6. The average Bonchev–Trinajstić information content (AvgIpc) is 2.16. The summed E-state index contributed by atoms with van der Waals surface area (Å²) in [7, 11) is 1.63. The van der Waals surface area contributed by atoms with Crippen LogP contribution >= 0.6 is 0 Å². The quantitative estimate of drug-likeness (QED) is 0.325. The minimum absolute atomic E-state index is 0.477. The van der Waals surface area contributed by atoms with Crippen LogP contribution in [-0.4, -0.2) is 20.2 Å². The lowest BCUT2D eigenvalue weighted by Gasteiger charge is -2.01. The molecule has 0 aliphatic carbocycles. The smallest absolute Gasteiger partial charge is 0.0811 e. The van der Waals surface area contributed by atoms with Crippen molar-refractivity contribution in [3.8, 4) is 0 Å². The Morgan fingerprint density at radius 2 is 1.69 bits per heavy atom. The van der Waals surface area contributed by atoms with Gasteiger partial charge in [-0.2, -0.15) is 4.91 Å². The molecule has 0 unspecified atom stereocenters. The number of nitrogens with one attached hydrogen (secondary N) is 1. The number of hydrogen-bond acceptors (Lipinski definition) is 4. The van der Waals surface area contributed by atoms with Crippen LogP contribution in [0.25, 0.3) is 0 Å². The molecule has 0 aromatic carbocycles. The van der Waals surface area contributed by atoms with E-state index in [1.54, 1.807) is 7.11 Å². The van der Waals surface area contributed by atoms with Crippen molar-refractivity contribution < 1.29 is 4.84 Å². The Morgan fingerprint density at radius 1 is 1.08 bits per heavy atom. The number of rotatable bonds is 10. The standard InChI is InChI=1S/C9H20N2O2/c1-13-11-9-7-5-3-2-4-6-8-10-12/h11H,2-9H2,1H3. The van der Waals surface area contributed by atoms with Crippen LogP contribution in [0.5, 0.6) is 0 Å². The molecule has 13 heavy (non-hydrogen) atoms. The summed E-state index contributed by atoms with van der Waals surface area (Å²) in [6.07, 6.45) is 6.90. The first-order chi connectivity index (χ1) is 6.41. The normalized spacial score (nSPS) is 10.2. The predicted molar refractivity (Wildman–Crippen MR) is 53.4 cm³/mol. The van der Waals surface area contributed by atoms with Crippen LogP contribution in [0.1, 0.15) is 38.5 Å². The molecule has 0 bridgehead atoms. The second-order valence-corrected chi connectivity index (χ2v) is 3.07. The van der Waals surface area contributed by atoms with Gasteiger partial charge in [-0.1, -0.05) is 30.9 Å². The van der Waals surface area contributed by atoms with Crippen LogP contribution in [0.15, 0.2) is 5.18 Å². The fraction of sp³-hybridized carbons (Fsp3) is 1.00. The third kappa shape index (κ3) is 11.5. The Balaban J connectivity index is 2.79. The highest BCUT2D eigenvalue weighted by molar-refractivity contribution is 4.47. The van der Waals surface area contributed by atoms with E-state index in [1.807, 2.05) is 0 Å². The molecule has 0 radical (unpaired) electrons. The molecule has 1 N–H and O–H groups in total. The molecule has 0 amide bonds. The minimum atomic E-state index is 0.477. The van der Waals surface area contributed by atoms with Gasteiger partial charge in [0.25, 0.3) is 0 Å². The van der Waals surface area contributed by atoms with Crippen molar-refractivity contribution in [2.45, 2.75) is 38.5 Å². The third-order valence-electron chi connectivity index (χ3n) is 1.92.